The molecule has 2 aromatic rings. The summed E-state index contributed by atoms with van der Waals surface area (Å²) in [6, 6.07) is 7.49. The third-order valence-electron chi connectivity index (χ3n) is 3.90. The van der Waals surface area contributed by atoms with Gasteiger partial charge in [-0.3, -0.25) is 4.79 Å². The molecule has 5 heteroatoms. The molecule has 0 saturated carbocycles. The zero-order valence-electron chi connectivity index (χ0n) is 12.0. The van der Waals surface area contributed by atoms with Crippen molar-refractivity contribution in [1.29, 1.82) is 0 Å². The Morgan fingerprint density at radius 3 is 3.05 bits per heavy atom. The third kappa shape index (κ3) is 2.51. The van der Waals surface area contributed by atoms with Crippen LogP contribution in [0.4, 0.5) is 0 Å². The van der Waals surface area contributed by atoms with Gasteiger partial charge in [0.25, 0.3) is 0 Å². The number of para-hydroxylation sites is 1. The van der Waals surface area contributed by atoms with Crippen molar-refractivity contribution >= 4 is 22.8 Å². The van der Waals surface area contributed by atoms with Crippen molar-refractivity contribution < 1.29 is 14.3 Å². The van der Waals surface area contributed by atoms with E-state index in [1.807, 2.05) is 30.5 Å². The van der Waals surface area contributed by atoms with Crippen molar-refractivity contribution in [2.75, 3.05) is 6.61 Å². The summed E-state index contributed by atoms with van der Waals surface area (Å²) in [5.74, 6) is -0.290. The summed E-state index contributed by atoms with van der Waals surface area (Å²) in [5, 5.41) is 1.08. The molecule has 0 radical (unpaired) electrons. The Morgan fingerprint density at radius 2 is 2.24 bits per heavy atom. The van der Waals surface area contributed by atoms with Gasteiger partial charge in [-0.1, -0.05) is 18.2 Å². The van der Waals surface area contributed by atoms with E-state index >= 15 is 0 Å². The molecule has 5 nitrogen and oxygen atoms in total. The highest BCUT2D eigenvalue weighted by Gasteiger charge is 2.37. The molecule has 1 fully saturated rings. The zero-order valence-corrected chi connectivity index (χ0v) is 12.0. The second-order valence-electron chi connectivity index (χ2n) is 5.19. The lowest BCUT2D eigenvalue weighted by Crippen LogP contribution is -2.39. The van der Waals surface area contributed by atoms with Crippen molar-refractivity contribution in [2.24, 2.45) is 0 Å². The smallest absolute Gasteiger partial charge is 0.328 e. The van der Waals surface area contributed by atoms with Crippen LogP contribution in [0.15, 0.2) is 30.5 Å². The minimum Gasteiger partial charge on any atom is -0.464 e. The lowest BCUT2D eigenvalue weighted by Gasteiger charge is -2.23. The Labute approximate surface area is 122 Å². The van der Waals surface area contributed by atoms with E-state index in [9.17, 15) is 9.59 Å². The molecule has 2 heterocycles. The molecule has 1 amide bonds. The number of rotatable bonds is 4. The second-order valence-corrected chi connectivity index (χ2v) is 5.19. The standard InChI is InChI=1S/C16H18N2O3/c1-2-21-16(20)14-7-8-15(19)18(14)10-11-9-17-13-6-4-3-5-12(11)13/h3-6,9,14,17H,2,7-8,10H2,1H3/t14-/m0/s1. The maximum atomic E-state index is 12.1. The summed E-state index contributed by atoms with van der Waals surface area (Å²) < 4.78 is 5.07. The molecule has 1 aromatic heterocycles. The minimum absolute atomic E-state index is 0.0123. The topological polar surface area (TPSA) is 62.4 Å². The lowest BCUT2D eigenvalue weighted by molar-refractivity contribution is -0.151. The van der Waals surface area contributed by atoms with Crippen molar-refractivity contribution in [1.82, 2.24) is 9.88 Å². The third-order valence-corrected chi connectivity index (χ3v) is 3.90. The number of fused-ring (bicyclic) bond motifs is 1. The number of benzene rings is 1. The molecule has 110 valence electrons. The number of ether oxygens (including phenoxy) is 1. The van der Waals surface area contributed by atoms with Crippen molar-refractivity contribution in [3.05, 3.63) is 36.0 Å². The zero-order chi connectivity index (χ0) is 14.8. The van der Waals surface area contributed by atoms with Gasteiger partial charge in [-0.25, -0.2) is 4.79 Å². The Bertz CT molecular complexity index is 677. The highest BCUT2D eigenvalue weighted by atomic mass is 16.5. The van der Waals surface area contributed by atoms with Crippen LogP contribution >= 0.6 is 0 Å². The fourth-order valence-electron chi connectivity index (χ4n) is 2.86. The fraction of sp³-hybridized carbons (Fsp3) is 0.375. The lowest BCUT2D eigenvalue weighted by atomic mass is 10.1. The number of carbonyl (C=O) groups excluding carboxylic acids is 2. The van der Waals surface area contributed by atoms with Crippen LogP contribution in [0.3, 0.4) is 0 Å². The van der Waals surface area contributed by atoms with E-state index < -0.39 is 6.04 Å². The van der Waals surface area contributed by atoms with Crippen molar-refractivity contribution in [2.45, 2.75) is 32.4 Å². The van der Waals surface area contributed by atoms with Gasteiger partial charge in [0, 0.05) is 30.1 Å². The van der Waals surface area contributed by atoms with Crippen LogP contribution in [0.25, 0.3) is 10.9 Å². The van der Waals surface area contributed by atoms with Crippen LogP contribution in [0.2, 0.25) is 0 Å². The first kappa shape index (κ1) is 13.7. The molecule has 1 atom stereocenters. The number of likely N-dealkylation sites (tertiary alicyclic amines) is 1. The molecular weight excluding hydrogens is 268 g/mol. The van der Waals surface area contributed by atoms with E-state index in [1.54, 1.807) is 11.8 Å². The van der Waals surface area contributed by atoms with Crippen molar-refractivity contribution in [3.8, 4) is 0 Å². The van der Waals surface area contributed by atoms with Gasteiger partial charge in [-0.05, 0) is 25.0 Å². The van der Waals surface area contributed by atoms with E-state index in [2.05, 4.69) is 4.98 Å². The average Bonchev–Trinajstić information content (AvgIpc) is 3.05. The molecular formula is C16H18N2O3. The molecule has 1 aromatic carbocycles. The van der Waals surface area contributed by atoms with Crippen LogP contribution in [-0.4, -0.2) is 34.4 Å². The van der Waals surface area contributed by atoms with Gasteiger partial charge in [0.1, 0.15) is 6.04 Å². The molecule has 21 heavy (non-hydrogen) atoms. The Morgan fingerprint density at radius 1 is 1.43 bits per heavy atom. The average molecular weight is 286 g/mol. The van der Waals surface area contributed by atoms with Crippen LogP contribution in [0.5, 0.6) is 0 Å². The number of hydrogen-bond donors (Lipinski definition) is 1. The number of nitrogens with zero attached hydrogens (tertiary/aromatic N) is 1. The molecule has 0 unspecified atom stereocenters. The van der Waals surface area contributed by atoms with E-state index in [4.69, 9.17) is 4.74 Å². The number of H-pyrrole nitrogens is 1. The van der Waals surface area contributed by atoms with Crippen LogP contribution in [-0.2, 0) is 20.9 Å². The minimum atomic E-state index is -0.453. The maximum Gasteiger partial charge on any atom is 0.328 e. The number of carbonyl (C=O) groups is 2. The Balaban J connectivity index is 1.84. The normalized spacial score (nSPS) is 18.4. The molecule has 1 aliphatic heterocycles. The van der Waals surface area contributed by atoms with Gasteiger partial charge in [0.05, 0.1) is 6.61 Å². The Kier molecular flexibility index (Phi) is 3.64. The van der Waals surface area contributed by atoms with E-state index in [1.165, 1.54) is 0 Å². The highest BCUT2D eigenvalue weighted by molar-refractivity contribution is 5.89. The maximum absolute atomic E-state index is 12.1. The molecule has 0 spiro atoms. The summed E-state index contributed by atoms with van der Waals surface area (Å²) in [5.41, 5.74) is 2.06. The summed E-state index contributed by atoms with van der Waals surface area (Å²) in [4.78, 5) is 28.9. The molecule has 1 N–H and O–H groups in total. The molecule has 0 bridgehead atoms. The monoisotopic (exact) mass is 286 g/mol. The molecule has 1 saturated heterocycles. The van der Waals surface area contributed by atoms with Gasteiger partial charge in [0.2, 0.25) is 5.91 Å². The number of amides is 1. The molecule has 1 aliphatic rings. The van der Waals surface area contributed by atoms with Crippen LogP contribution in [0.1, 0.15) is 25.3 Å². The predicted octanol–water partition coefficient (Wildman–Crippen LogP) is 2.22. The summed E-state index contributed by atoms with van der Waals surface area (Å²) in [6.45, 7) is 2.55. The highest BCUT2D eigenvalue weighted by Crippen LogP contribution is 2.26. The van der Waals surface area contributed by atoms with Gasteiger partial charge in [0.15, 0.2) is 0 Å². The van der Waals surface area contributed by atoms with Gasteiger partial charge in [-0.2, -0.15) is 0 Å². The first-order valence-electron chi connectivity index (χ1n) is 7.21. The van der Waals surface area contributed by atoms with E-state index in [-0.39, 0.29) is 11.9 Å². The van der Waals surface area contributed by atoms with E-state index in [0.717, 1.165) is 16.5 Å². The summed E-state index contributed by atoms with van der Waals surface area (Å²) in [7, 11) is 0. The van der Waals surface area contributed by atoms with Crippen LogP contribution < -0.4 is 0 Å². The van der Waals surface area contributed by atoms with E-state index in [0.29, 0.717) is 26.0 Å². The number of aromatic nitrogens is 1. The summed E-state index contributed by atoms with van der Waals surface area (Å²) in [6.07, 6.45) is 2.85. The largest absolute Gasteiger partial charge is 0.464 e. The number of nitrogens with one attached hydrogen (secondary N) is 1. The van der Waals surface area contributed by atoms with Gasteiger partial charge in [-0.15, -0.1) is 0 Å². The number of esters is 1. The Hall–Kier alpha value is -2.30. The van der Waals surface area contributed by atoms with Gasteiger partial charge >= 0.3 is 5.97 Å². The van der Waals surface area contributed by atoms with Crippen LogP contribution in [0, 0.1) is 0 Å². The van der Waals surface area contributed by atoms with Crippen molar-refractivity contribution in [3.63, 3.8) is 0 Å². The van der Waals surface area contributed by atoms with Gasteiger partial charge < -0.3 is 14.6 Å². The first-order valence-corrected chi connectivity index (χ1v) is 7.21. The first-order chi connectivity index (χ1) is 10.2. The fourth-order valence-corrected chi connectivity index (χ4v) is 2.86. The molecule has 0 aliphatic carbocycles. The quantitative estimate of drug-likeness (QED) is 0.877. The SMILES string of the molecule is CCOC(=O)[C@@H]1CCC(=O)N1Cc1c[nH]c2ccccc12. The number of hydrogen-bond acceptors (Lipinski definition) is 3. The number of aromatic amines is 1. The summed E-state index contributed by atoms with van der Waals surface area (Å²) >= 11 is 0. The predicted molar refractivity (Wildman–Crippen MR) is 78.5 cm³/mol. The second kappa shape index (κ2) is 5.60. The molecule has 3 rings (SSSR count).